The molecule has 1 aromatic rings. The molecule has 3 nitrogen and oxygen atoms in total. The Labute approximate surface area is 112 Å². The average molecular weight is 268 g/mol. The molecule has 0 aliphatic heterocycles. The molecule has 1 fully saturated rings. The topological polar surface area (TPSA) is 49.3 Å². The van der Waals surface area contributed by atoms with Crippen LogP contribution in [0.3, 0.4) is 0 Å². The minimum Gasteiger partial charge on any atom is -0.507 e. The maximum Gasteiger partial charge on any atom is 0.255 e. The lowest BCUT2D eigenvalue weighted by Crippen LogP contribution is -2.40. The highest BCUT2D eigenvalue weighted by Gasteiger charge is 2.24. The summed E-state index contributed by atoms with van der Waals surface area (Å²) in [6.07, 6.45) is 5.24. The standard InChI is InChI=1S/C14H18ClNO2/c15-11-7-2-1-3-8-12(11)16-14(18)10-6-4-5-9-13(10)17/h4-6,9,11-12,17H,1-3,7-8H2,(H,16,18). The van der Waals surface area contributed by atoms with E-state index in [1.165, 1.54) is 12.5 Å². The third-order valence-corrected chi connectivity index (χ3v) is 3.92. The van der Waals surface area contributed by atoms with E-state index >= 15 is 0 Å². The van der Waals surface area contributed by atoms with Gasteiger partial charge in [0.25, 0.3) is 5.91 Å². The number of aromatic hydroxyl groups is 1. The van der Waals surface area contributed by atoms with E-state index in [2.05, 4.69) is 5.32 Å². The van der Waals surface area contributed by atoms with Crippen LogP contribution in [0.15, 0.2) is 24.3 Å². The fourth-order valence-electron chi connectivity index (χ4n) is 2.34. The molecule has 98 valence electrons. The molecule has 2 rings (SSSR count). The SMILES string of the molecule is O=C(NC1CCCCCC1Cl)c1ccccc1O. The number of nitrogens with one attached hydrogen (secondary N) is 1. The van der Waals surface area contributed by atoms with Crippen molar-refractivity contribution in [2.24, 2.45) is 0 Å². The number of amides is 1. The highest BCUT2D eigenvalue weighted by atomic mass is 35.5. The molecule has 4 heteroatoms. The lowest BCUT2D eigenvalue weighted by Gasteiger charge is -2.21. The smallest absolute Gasteiger partial charge is 0.255 e. The van der Waals surface area contributed by atoms with Crippen molar-refractivity contribution in [3.8, 4) is 5.75 Å². The van der Waals surface area contributed by atoms with Crippen molar-refractivity contribution in [2.75, 3.05) is 0 Å². The number of phenolic OH excluding ortho intramolecular Hbond substituents is 1. The van der Waals surface area contributed by atoms with Gasteiger partial charge in [0.2, 0.25) is 0 Å². The molecular formula is C14H18ClNO2. The summed E-state index contributed by atoms with van der Waals surface area (Å²) in [6, 6.07) is 6.56. The summed E-state index contributed by atoms with van der Waals surface area (Å²) in [6.45, 7) is 0. The van der Waals surface area contributed by atoms with E-state index in [0.717, 1.165) is 25.7 Å². The molecule has 1 saturated carbocycles. The zero-order valence-electron chi connectivity index (χ0n) is 10.2. The summed E-state index contributed by atoms with van der Waals surface area (Å²) in [5.74, 6) is -0.236. The molecule has 1 aliphatic carbocycles. The van der Waals surface area contributed by atoms with Gasteiger partial charge in [0.15, 0.2) is 0 Å². The van der Waals surface area contributed by atoms with Crippen LogP contribution >= 0.6 is 11.6 Å². The van der Waals surface area contributed by atoms with Crippen LogP contribution in [0.4, 0.5) is 0 Å². The number of benzene rings is 1. The Morgan fingerprint density at radius 3 is 2.72 bits per heavy atom. The molecule has 0 bridgehead atoms. The van der Waals surface area contributed by atoms with Gasteiger partial charge in [-0.3, -0.25) is 4.79 Å². The van der Waals surface area contributed by atoms with Crippen molar-refractivity contribution in [1.29, 1.82) is 0 Å². The number of carbonyl (C=O) groups is 1. The predicted octanol–water partition coefficient (Wildman–Crippen LogP) is 3.06. The van der Waals surface area contributed by atoms with E-state index in [9.17, 15) is 9.90 Å². The average Bonchev–Trinajstić information content (AvgIpc) is 2.55. The van der Waals surface area contributed by atoms with Crippen molar-refractivity contribution in [2.45, 2.75) is 43.5 Å². The fourth-order valence-corrected chi connectivity index (χ4v) is 2.68. The molecule has 1 aromatic carbocycles. The zero-order valence-corrected chi connectivity index (χ0v) is 11.0. The van der Waals surface area contributed by atoms with Crippen LogP contribution in [0.25, 0.3) is 0 Å². The molecule has 1 aliphatic rings. The number of hydrogen-bond donors (Lipinski definition) is 2. The lowest BCUT2D eigenvalue weighted by molar-refractivity contribution is 0.0931. The first-order valence-corrected chi connectivity index (χ1v) is 6.85. The van der Waals surface area contributed by atoms with Crippen molar-refractivity contribution in [1.82, 2.24) is 5.32 Å². The van der Waals surface area contributed by atoms with Crippen LogP contribution in [0.2, 0.25) is 0 Å². The Morgan fingerprint density at radius 1 is 1.22 bits per heavy atom. The molecule has 0 radical (unpaired) electrons. The third-order valence-electron chi connectivity index (χ3n) is 3.40. The van der Waals surface area contributed by atoms with E-state index in [-0.39, 0.29) is 23.1 Å². The Bertz CT molecular complexity index is 422. The lowest BCUT2D eigenvalue weighted by atomic mass is 10.1. The van der Waals surface area contributed by atoms with Crippen molar-refractivity contribution in [3.05, 3.63) is 29.8 Å². The minimum absolute atomic E-state index is 0.00118. The van der Waals surface area contributed by atoms with Gasteiger partial charge in [-0.1, -0.05) is 31.4 Å². The van der Waals surface area contributed by atoms with Gasteiger partial charge in [-0.15, -0.1) is 11.6 Å². The first-order chi connectivity index (χ1) is 8.68. The molecule has 18 heavy (non-hydrogen) atoms. The highest BCUT2D eigenvalue weighted by Crippen LogP contribution is 2.23. The Kier molecular flexibility index (Phi) is 4.48. The first kappa shape index (κ1) is 13.2. The van der Waals surface area contributed by atoms with Crippen molar-refractivity contribution >= 4 is 17.5 Å². The summed E-state index contributed by atoms with van der Waals surface area (Å²) in [4.78, 5) is 12.1. The van der Waals surface area contributed by atoms with E-state index in [1.807, 2.05) is 0 Å². The number of phenols is 1. The third kappa shape index (κ3) is 3.16. The maximum absolute atomic E-state index is 12.1. The number of rotatable bonds is 2. The molecule has 0 spiro atoms. The van der Waals surface area contributed by atoms with E-state index in [1.54, 1.807) is 18.2 Å². The van der Waals surface area contributed by atoms with Crippen molar-refractivity contribution in [3.63, 3.8) is 0 Å². The zero-order chi connectivity index (χ0) is 13.0. The van der Waals surface area contributed by atoms with Gasteiger partial charge >= 0.3 is 0 Å². The summed E-state index contributed by atoms with van der Waals surface area (Å²) in [7, 11) is 0. The van der Waals surface area contributed by atoms with Gasteiger partial charge in [0.05, 0.1) is 10.9 Å². The van der Waals surface area contributed by atoms with Gasteiger partial charge in [0.1, 0.15) is 5.75 Å². The number of hydrogen-bond acceptors (Lipinski definition) is 2. The first-order valence-electron chi connectivity index (χ1n) is 6.41. The molecule has 1 amide bonds. The summed E-state index contributed by atoms with van der Waals surface area (Å²) in [5, 5.41) is 12.6. The Morgan fingerprint density at radius 2 is 1.94 bits per heavy atom. The van der Waals surface area contributed by atoms with E-state index < -0.39 is 0 Å². The Hall–Kier alpha value is -1.22. The molecular weight excluding hydrogens is 250 g/mol. The Balaban J connectivity index is 2.04. The van der Waals surface area contributed by atoms with Gasteiger partial charge in [0, 0.05) is 6.04 Å². The highest BCUT2D eigenvalue weighted by molar-refractivity contribution is 6.21. The van der Waals surface area contributed by atoms with Crippen LogP contribution in [0.5, 0.6) is 5.75 Å². The van der Waals surface area contributed by atoms with Gasteiger partial charge in [-0.2, -0.15) is 0 Å². The van der Waals surface area contributed by atoms with Crippen LogP contribution in [0, 0.1) is 0 Å². The summed E-state index contributed by atoms with van der Waals surface area (Å²) >= 11 is 6.28. The summed E-state index contributed by atoms with van der Waals surface area (Å²) in [5.41, 5.74) is 0.311. The molecule has 2 N–H and O–H groups in total. The molecule has 2 atom stereocenters. The summed E-state index contributed by atoms with van der Waals surface area (Å²) < 4.78 is 0. The van der Waals surface area contributed by atoms with Crippen LogP contribution < -0.4 is 5.32 Å². The molecule has 0 saturated heterocycles. The minimum atomic E-state index is -0.245. The second-order valence-electron chi connectivity index (χ2n) is 4.75. The fraction of sp³-hybridized carbons (Fsp3) is 0.500. The molecule has 2 unspecified atom stereocenters. The number of halogens is 1. The quantitative estimate of drug-likeness (QED) is 0.639. The molecule has 0 aromatic heterocycles. The molecule has 0 heterocycles. The monoisotopic (exact) mass is 267 g/mol. The number of alkyl halides is 1. The van der Waals surface area contributed by atoms with Crippen LogP contribution in [-0.2, 0) is 0 Å². The van der Waals surface area contributed by atoms with E-state index in [4.69, 9.17) is 11.6 Å². The second-order valence-corrected chi connectivity index (χ2v) is 5.31. The van der Waals surface area contributed by atoms with E-state index in [0.29, 0.717) is 5.56 Å². The van der Waals surface area contributed by atoms with Gasteiger partial charge in [-0.25, -0.2) is 0 Å². The normalized spacial score (nSPS) is 24.3. The van der Waals surface area contributed by atoms with Crippen LogP contribution in [-0.4, -0.2) is 22.4 Å². The van der Waals surface area contributed by atoms with Gasteiger partial charge in [-0.05, 0) is 25.0 Å². The maximum atomic E-state index is 12.1. The van der Waals surface area contributed by atoms with Crippen molar-refractivity contribution < 1.29 is 9.90 Å². The largest absolute Gasteiger partial charge is 0.507 e. The second kappa shape index (κ2) is 6.10. The number of carbonyl (C=O) groups excluding carboxylic acids is 1. The predicted molar refractivity (Wildman–Crippen MR) is 72.1 cm³/mol. The van der Waals surface area contributed by atoms with Crippen LogP contribution in [0.1, 0.15) is 42.5 Å². The van der Waals surface area contributed by atoms with Gasteiger partial charge < -0.3 is 10.4 Å². The number of para-hydroxylation sites is 1.